The molecule has 0 bridgehead atoms. The van der Waals surface area contributed by atoms with Gasteiger partial charge in [-0.2, -0.15) is 13.2 Å². The van der Waals surface area contributed by atoms with E-state index in [1.165, 1.54) is 24.4 Å². The third kappa shape index (κ3) is 9.35. The van der Waals surface area contributed by atoms with Crippen molar-refractivity contribution in [1.82, 2.24) is 10.3 Å². The van der Waals surface area contributed by atoms with Gasteiger partial charge in [-0.25, -0.2) is 0 Å². The quantitative estimate of drug-likeness (QED) is 0.157. The molecule has 0 aliphatic heterocycles. The van der Waals surface area contributed by atoms with Crippen molar-refractivity contribution in [3.63, 3.8) is 0 Å². The highest BCUT2D eigenvalue weighted by molar-refractivity contribution is 6.09. The van der Waals surface area contributed by atoms with Gasteiger partial charge in [-0.1, -0.05) is 30.3 Å². The second-order valence-corrected chi connectivity index (χ2v) is 10.2. The Morgan fingerprint density at radius 2 is 1.68 bits per heavy atom. The smallest absolute Gasteiger partial charge is 0.326 e. The number of benzene rings is 2. The molecule has 12 heteroatoms. The number of hydrogen-bond acceptors (Lipinski definition) is 6. The van der Waals surface area contributed by atoms with E-state index in [2.05, 4.69) is 15.6 Å². The molecule has 0 saturated carbocycles. The normalized spacial score (nSPS) is 13.2. The number of aromatic nitrogens is 1. The first-order chi connectivity index (χ1) is 19.4. The minimum absolute atomic E-state index is 0.176. The molecule has 1 unspecified atom stereocenters. The Morgan fingerprint density at radius 3 is 2.32 bits per heavy atom. The van der Waals surface area contributed by atoms with Gasteiger partial charge >= 0.3 is 6.18 Å². The van der Waals surface area contributed by atoms with Crippen molar-refractivity contribution in [2.45, 2.75) is 25.1 Å². The molecule has 0 saturated heterocycles. The van der Waals surface area contributed by atoms with Crippen molar-refractivity contribution >= 4 is 34.5 Å². The zero-order valence-corrected chi connectivity index (χ0v) is 23.0. The van der Waals surface area contributed by atoms with E-state index in [9.17, 15) is 22.8 Å². The number of carbonyl (C=O) groups excluding carboxylic acids is 2. The van der Waals surface area contributed by atoms with Crippen LogP contribution in [0.1, 0.15) is 24.0 Å². The number of nitrogens with zero attached hydrogens (tertiary/aromatic N) is 2. The van der Waals surface area contributed by atoms with Crippen LogP contribution in [-0.4, -0.2) is 67.1 Å². The Bertz CT molecular complexity index is 1350. The number of rotatable bonds is 13. The summed E-state index contributed by atoms with van der Waals surface area (Å²) in [5, 5.41) is 6.05. The topological polar surface area (TPSA) is 149 Å². The van der Waals surface area contributed by atoms with E-state index < -0.39 is 29.6 Å². The number of quaternary nitrogens is 1. The first kappa shape index (κ1) is 31.7. The molecule has 0 spiro atoms. The van der Waals surface area contributed by atoms with Crippen LogP contribution in [-0.2, 0) is 15.8 Å². The average molecular weight is 573 g/mol. The van der Waals surface area contributed by atoms with E-state index in [1.807, 2.05) is 31.3 Å². The lowest BCUT2D eigenvalue weighted by Crippen LogP contribution is -2.51. The van der Waals surface area contributed by atoms with Crippen molar-refractivity contribution in [1.29, 1.82) is 0 Å². The average Bonchev–Trinajstić information content (AvgIpc) is 2.92. The predicted molar refractivity (Wildman–Crippen MR) is 154 cm³/mol. The lowest BCUT2D eigenvalue weighted by Gasteiger charge is -2.34. The SMILES string of the molecule is C[N+](CCN)(CCN)CCCC(N)C(=O)N/C(=C/c1ccc(C(F)(F)F)cc1)C(=O)Nc1cnc2ccccc2c1. The van der Waals surface area contributed by atoms with Gasteiger partial charge in [0.25, 0.3) is 5.91 Å². The molecule has 1 heterocycles. The monoisotopic (exact) mass is 572 g/mol. The van der Waals surface area contributed by atoms with Crippen molar-refractivity contribution in [2.24, 2.45) is 17.2 Å². The van der Waals surface area contributed by atoms with Crippen LogP contribution in [0.4, 0.5) is 18.9 Å². The molecule has 2 aromatic carbocycles. The molecule has 220 valence electrons. The van der Waals surface area contributed by atoms with Gasteiger partial charge in [0.15, 0.2) is 0 Å². The number of nitrogens with two attached hydrogens (primary N) is 3. The number of halogens is 3. The minimum Gasteiger partial charge on any atom is -0.326 e. The third-order valence-corrected chi connectivity index (χ3v) is 6.79. The Morgan fingerprint density at radius 1 is 1.02 bits per heavy atom. The number of nitrogens with one attached hydrogen (secondary N) is 2. The number of pyridine rings is 1. The van der Waals surface area contributed by atoms with E-state index in [0.717, 1.165) is 42.7 Å². The Hall–Kier alpha value is -3.84. The summed E-state index contributed by atoms with van der Waals surface area (Å²) in [4.78, 5) is 30.6. The molecule has 2 amide bonds. The lowest BCUT2D eigenvalue weighted by atomic mass is 10.1. The molecular formula is C29H37F3N7O2+. The molecule has 0 aliphatic rings. The third-order valence-electron chi connectivity index (χ3n) is 6.79. The fourth-order valence-electron chi connectivity index (χ4n) is 4.44. The van der Waals surface area contributed by atoms with Gasteiger partial charge in [0, 0.05) is 18.5 Å². The molecule has 0 fully saturated rings. The van der Waals surface area contributed by atoms with E-state index in [-0.39, 0.29) is 11.3 Å². The number of likely N-dealkylation sites (N-methyl/N-ethyl adjacent to an activating group) is 1. The van der Waals surface area contributed by atoms with Gasteiger partial charge in [-0.05, 0) is 48.7 Å². The summed E-state index contributed by atoms with van der Waals surface area (Å²) in [7, 11) is 2.04. The summed E-state index contributed by atoms with van der Waals surface area (Å²) in [5.41, 5.74) is 18.0. The Kier molecular flexibility index (Phi) is 11.0. The second-order valence-electron chi connectivity index (χ2n) is 10.2. The van der Waals surface area contributed by atoms with E-state index in [4.69, 9.17) is 17.2 Å². The molecule has 41 heavy (non-hydrogen) atoms. The molecule has 1 aromatic heterocycles. The zero-order chi connectivity index (χ0) is 30.0. The number of anilines is 1. The van der Waals surface area contributed by atoms with Crippen LogP contribution in [0.5, 0.6) is 0 Å². The highest BCUT2D eigenvalue weighted by atomic mass is 19.4. The zero-order valence-electron chi connectivity index (χ0n) is 23.0. The van der Waals surface area contributed by atoms with Crippen molar-refractivity contribution in [3.05, 3.63) is 77.6 Å². The fourth-order valence-corrected chi connectivity index (χ4v) is 4.44. The first-order valence-corrected chi connectivity index (χ1v) is 13.3. The largest absolute Gasteiger partial charge is 0.416 e. The van der Waals surface area contributed by atoms with E-state index in [1.54, 1.807) is 6.07 Å². The number of alkyl halides is 3. The summed E-state index contributed by atoms with van der Waals surface area (Å²) in [5.74, 6) is -1.28. The minimum atomic E-state index is -4.50. The maximum atomic E-state index is 13.3. The fraction of sp³-hybridized carbons (Fsp3) is 0.345. The van der Waals surface area contributed by atoms with Crippen LogP contribution in [0.25, 0.3) is 17.0 Å². The first-order valence-electron chi connectivity index (χ1n) is 13.3. The summed E-state index contributed by atoms with van der Waals surface area (Å²) in [6, 6.07) is 12.4. The van der Waals surface area contributed by atoms with Crippen LogP contribution < -0.4 is 27.8 Å². The van der Waals surface area contributed by atoms with Crippen molar-refractivity contribution in [3.8, 4) is 0 Å². The molecular weight excluding hydrogens is 535 g/mol. The highest BCUT2D eigenvalue weighted by Gasteiger charge is 2.30. The summed E-state index contributed by atoms with van der Waals surface area (Å²) >= 11 is 0. The van der Waals surface area contributed by atoms with Crippen LogP contribution in [0.3, 0.4) is 0 Å². The molecule has 9 nitrogen and oxygen atoms in total. The van der Waals surface area contributed by atoms with Gasteiger partial charge < -0.3 is 32.3 Å². The maximum Gasteiger partial charge on any atom is 0.416 e. The predicted octanol–water partition coefficient (Wildman–Crippen LogP) is 2.82. The number of carbonyl (C=O) groups is 2. The van der Waals surface area contributed by atoms with Gasteiger partial charge in [-0.15, -0.1) is 0 Å². The maximum absolute atomic E-state index is 13.3. The molecule has 3 rings (SSSR count). The van der Waals surface area contributed by atoms with E-state index >= 15 is 0 Å². The van der Waals surface area contributed by atoms with Crippen molar-refractivity contribution in [2.75, 3.05) is 45.1 Å². The van der Waals surface area contributed by atoms with E-state index in [0.29, 0.717) is 36.1 Å². The summed E-state index contributed by atoms with van der Waals surface area (Å²) < 4.78 is 39.7. The number of fused-ring (bicyclic) bond motifs is 1. The standard InChI is InChI=1S/C29H36F3N7O2/c1-39(15-12-33,16-13-34)14-4-6-24(35)27(40)38-26(17-20-8-10-22(11-9-20)29(30,31)32)28(41)37-23-18-21-5-2-3-7-25(21)36-19-23/h2-3,5,7-11,17-19,24H,4,6,12-16,33-35H2,1H3,(H-,37,38,40,41)/p+1/b26-17+. The van der Waals surface area contributed by atoms with Gasteiger partial charge in [0.05, 0.1) is 55.7 Å². The Balaban J connectivity index is 1.77. The van der Waals surface area contributed by atoms with Gasteiger partial charge in [0.2, 0.25) is 5.91 Å². The number of amides is 2. The van der Waals surface area contributed by atoms with Crippen LogP contribution >= 0.6 is 0 Å². The molecule has 0 aliphatic carbocycles. The number of para-hydroxylation sites is 1. The summed E-state index contributed by atoms with van der Waals surface area (Å²) in [6.45, 7) is 3.20. The second kappa shape index (κ2) is 14.2. The highest BCUT2D eigenvalue weighted by Crippen LogP contribution is 2.29. The molecule has 0 radical (unpaired) electrons. The Labute approximate surface area is 237 Å². The van der Waals surface area contributed by atoms with Gasteiger partial charge in [-0.3, -0.25) is 14.6 Å². The van der Waals surface area contributed by atoms with Crippen molar-refractivity contribution < 1.29 is 27.2 Å². The molecule has 1 atom stereocenters. The summed E-state index contributed by atoms with van der Waals surface area (Å²) in [6.07, 6.45) is -0.765. The van der Waals surface area contributed by atoms with Crippen LogP contribution in [0.2, 0.25) is 0 Å². The molecule has 8 N–H and O–H groups in total. The number of hydrogen-bond donors (Lipinski definition) is 5. The molecule has 3 aromatic rings. The van der Waals surface area contributed by atoms with Crippen LogP contribution in [0.15, 0.2) is 66.5 Å². The van der Waals surface area contributed by atoms with Crippen LogP contribution in [0, 0.1) is 0 Å². The van der Waals surface area contributed by atoms with Gasteiger partial charge in [0.1, 0.15) is 5.70 Å². The lowest BCUT2D eigenvalue weighted by molar-refractivity contribution is -0.907.